The van der Waals surface area contributed by atoms with E-state index in [1.807, 2.05) is 39.0 Å². The Labute approximate surface area is 172 Å². The summed E-state index contributed by atoms with van der Waals surface area (Å²) in [5.74, 6) is -0.370. The number of benzene rings is 2. The molecule has 2 amide bonds. The van der Waals surface area contributed by atoms with Crippen molar-refractivity contribution in [1.29, 1.82) is 0 Å². The van der Waals surface area contributed by atoms with Crippen molar-refractivity contribution in [3.63, 3.8) is 0 Å². The second kappa shape index (κ2) is 8.75. The highest BCUT2D eigenvalue weighted by atomic mass is 16.3. The average molecular weight is 392 g/mol. The third kappa shape index (κ3) is 4.83. The third-order valence-electron chi connectivity index (χ3n) is 5.23. The fourth-order valence-electron chi connectivity index (χ4n) is 3.68. The van der Waals surface area contributed by atoms with Gasteiger partial charge in [0.1, 0.15) is 0 Å². The lowest BCUT2D eigenvalue weighted by Crippen LogP contribution is -2.45. The van der Waals surface area contributed by atoms with Crippen LogP contribution in [-0.4, -0.2) is 34.5 Å². The first-order valence-corrected chi connectivity index (χ1v) is 10.1. The quantitative estimate of drug-likeness (QED) is 0.770. The van der Waals surface area contributed by atoms with E-state index in [-0.39, 0.29) is 24.5 Å². The van der Waals surface area contributed by atoms with Gasteiger partial charge < -0.3 is 5.11 Å². The maximum Gasteiger partial charge on any atom is 0.256 e. The SMILES string of the molecule is CC(C)(C)C(=O)N1C(=O)/C(=C/CCO)CC1Cc1ccc(-c2ccccc2)cc1. The van der Waals surface area contributed by atoms with Crippen LogP contribution in [0.3, 0.4) is 0 Å². The van der Waals surface area contributed by atoms with E-state index in [0.29, 0.717) is 24.8 Å². The van der Waals surface area contributed by atoms with Gasteiger partial charge in [-0.05, 0) is 36.0 Å². The highest BCUT2D eigenvalue weighted by Crippen LogP contribution is 2.32. The Morgan fingerprint density at radius 3 is 2.28 bits per heavy atom. The molecule has 1 aliphatic heterocycles. The van der Waals surface area contributed by atoms with E-state index in [1.165, 1.54) is 4.90 Å². The van der Waals surface area contributed by atoms with Crippen molar-refractivity contribution in [2.75, 3.05) is 6.61 Å². The van der Waals surface area contributed by atoms with Crippen molar-refractivity contribution in [2.45, 2.75) is 46.1 Å². The Balaban J connectivity index is 1.83. The summed E-state index contributed by atoms with van der Waals surface area (Å²) in [6.45, 7) is 5.51. The number of carbonyl (C=O) groups excluding carboxylic acids is 2. The van der Waals surface area contributed by atoms with Gasteiger partial charge in [-0.2, -0.15) is 0 Å². The summed E-state index contributed by atoms with van der Waals surface area (Å²) in [7, 11) is 0. The Morgan fingerprint density at radius 2 is 1.69 bits per heavy atom. The van der Waals surface area contributed by atoms with Crippen LogP contribution in [-0.2, 0) is 16.0 Å². The second-order valence-electron chi connectivity index (χ2n) is 8.60. The fraction of sp³-hybridized carbons (Fsp3) is 0.360. The van der Waals surface area contributed by atoms with Crippen molar-refractivity contribution >= 4 is 11.8 Å². The first-order chi connectivity index (χ1) is 13.8. The Morgan fingerprint density at radius 1 is 1.07 bits per heavy atom. The van der Waals surface area contributed by atoms with Crippen LogP contribution in [0.4, 0.5) is 0 Å². The van der Waals surface area contributed by atoms with Gasteiger partial charge in [0.15, 0.2) is 0 Å². The molecule has 4 nitrogen and oxygen atoms in total. The van der Waals surface area contributed by atoms with Crippen molar-refractivity contribution < 1.29 is 14.7 Å². The molecule has 2 aromatic rings. The Kier molecular flexibility index (Phi) is 6.33. The van der Waals surface area contributed by atoms with Gasteiger partial charge in [0, 0.05) is 23.6 Å². The monoisotopic (exact) mass is 391 g/mol. The molecule has 1 fully saturated rings. The molecule has 4 heteroatoms. The first kappa shape index (κ1) is 21.0. The minimum atomic E-state index is -0.627. The zero-order chi connectivity index (χ0) is 21.0. The van der Waals surface area contributed by atoms with E-state index in [2.05, 4.69) is 36.4 Å². The van der Waals surface area contributed by atoms with Gasteiger partial charge in [-0.15, -0.1) is 0 Å². The van der Waals surface area contributed by atoms with Crippen LogP contribution in [0.1, 0.15) is 39.2 Å². The van der Waals surface area contributed by atoms with Gasteiger partial charge in [0.25, 0.3) is 5.91 Å². The van der Waals surface area contributed by atoms with Crippen molar-refractivity contribution in [2.24, 2.45) is 5.41 Å². The van der Waals surface area contributed by atoms with Gasteiger partial charge >= 0.3 is 0 Å². The molecule has 1 atom stereocenters. The molecule has 1 unspecified atom stereocenters. The van der Waals surface area contributed by atoms with Crippen molar-refractivity contribution in [3.8, 4) is 11.1 Å². The van der Waals surface area contributed by atoms with Gasteiger partial charge in [-0.25, -0.2) is 0 Å². The van der Waals surface area contributed by atoms with Crippen LogP contribution in [0.5, 0.6) is 0 Å². The maximum absolute atomic E-state index is 13.0. The van der Waals surface area contributed by atoms with Crippen LogP contribution >= 0.6 is 0 Å². The van der Waals surface area contributed by atoms with Crippen LogP contribution in [0, 0.1) is 5.41 Å². The molecule has 3 rings (SSSR count). The molecule has 0 spiro atoms. The lowest BCUT2D eigenvalue weighted by Gasteiger charge is -2.29. The third-order valence-corrected chi connectivity index (χ3v) is 5.23. The number of hydrogen-bond donors (Lipinski definition) is 1. The number of imide groups is 1. The van der Waals surface area contributed by atoms with Gasteiger partial charge in [0.2, 0.25) is 5.91 Å². The van der Waals surface area contributed by atoms with Crippen LogP contribution in [0.15, 0.2) is 66.2 Å². The molecule has 1 aliphatic rings. The number of aliphatic hydroxyl groups excluding tert-OH is 1. The topological polar surface area (TPSA) is 57.6 Å². The Hall–Kier alpha value is -2.72. The van der Waals surface area contributed by atoms with E-state index in [4.69, 9.17) is 5.11 Å². The van der Waals surface area contributed by atoms with Crippen molar-refractivity contribution in [1.82, 2.24) is 4.90 Å². The number of rotatable bonds is 5. The van der Waals surface area contributed by atoms with E-state index in [1.54, 1.807) is 6.08 Å². The standard InChI is InChI=1S/C25H29NO3/c1-25(2,3)24(29)26-22(17-21(23(26)28)10-7-15-27)16-18-11-13-20(14-12-18)19-8-5-4-6-9-19/h4-6,8-14,22,27H,7,15-17H2,1-3H3/b21-10+. The van der Waals surface area contributed by atoms with Crippen LogP contribution < -0.4 is 0 Å². The fourth-order valence-corrected chi connectivity index (χ4v) is 3.68. The lowest BCUT2D eigenvalue weighted by atomic mass is 9.93. The number of amides is 2. The Bertz CT molecular complexity index is 892. The molecule has 0 bridgehead atoms. The summed E-state index contributed by atoms with van der Waals surface area (Å²) in [5, 5.41) is 9.10. The minimum absolute atomic E-state index is 0.00435. The molecule has 0 aromatic heterocycles. The first-order valence-electron chi connectivity index (χ1n) is 10.1. The second-order valence-corrected chi connectivity index (χ2v) is 8.60. The molecule has 0 aliphatic carbocycles. The molecular weight excluding hydrogens is 362 g/mol. The molecule has 1 saturated heterocycles. The zero-order valence-electron chi connectivity index (χ0n) is 17.4. The molecule has 1 heterocycles. The summed E-state index contributed by atoms with van der Waals surface area (Å²) in [4.78, 5) is 27.3. The molecule has 0 saturated carbocycles. The van der Waals surface area contributed by atoms with Crippen LogP contribution in [0.2, 0.25) is 0 Å². The number of carbonyl (C=O) groups is 2. The van der Waals surface area contributed by atoms with Gasteiger partial charge in [-0.3, -0.25) is 14.5 Å². The zero-order valence-corrected chi connectivity index (χ0v) is 17.4. The summed E-state index contributed by atoms with van der Waals surface area (Å²) >= 11 is 0. The molecular formula is C25H29NO3. The summed E-state index contributed by atoms with van der Waals surface area (Å²) in [6, 6.07) is 18.3. The predicted molar refractivity (Wildman–Crippen MR) is 115 cm³/mol. The normalized spacial score (nSPS) is 18.5. The molecule has 1 N–H and O–H groups in total. The summed E-state index contributed by atoms with van der Waals surface area (Å²) in [6.07, 6.45) is 3.35. The summed E-state index contributed by atoms with van der Waals surface area (Å²) < 4.78 is 0. The molecule has 2 aromatic carbocycles. The molecule has 29 heavy (non-hydrogen) atoms. The number of nitrogens with zero attached hydrogens (tertiary/aromatic N) is 1. The van der Waals surface area contributed by atoms with Gasteiger partial charge in [-0.1, -0.05) is 81.4 Å². The van der Waals surface area contributed by atoms with Crippen molar-refractivity contribution in [3.05, 3.63) is 71.8 Å². The maximum atomic E-state index is 13.0. The van der Waals surface area contributed by atoms with E-state index in [9.17, 15) is 9.59 Å². The summed E-state index contributed by atoms with van der Waals surface area (Å²) in [5.41, 5.74) is 3.40. The highest BCUT2D eigenvalue weighted by Gasteiger charge is 2.42. The largest absolute Gasteiger partial charge is 0.396 e. The minimum Gasteiger partial charge on any atom is -0.396 e. The van der Waals surface area contributed by atoms with E-state index < -0.39 is 5.41 Å². The number of likely N-dealkylation sites (tertiary alicyclic amines) is 1. The van der Waals surface area contributed by atoms with Gasteiger partial charge in [0.05, 0.1) is 0 Å². The van der Waals surface area contributed by atoms with Crippen LogP contribution in [0.25, 0.3) is 11.1 Å². The predicted octanol–water partition coefficient (Wildman–Crippen LogP) is 4.38. The number of aliphatic hydroxyl groups is 1. The molecule has 152 valence electrons. The molecule has 0 radical (unpaired) electrons. The average Bonchev–Trinajstić information content (AvgIpc) is 3.01. The highest BCUT2D eigenvalue weighted by molar-refractivity contribution is 6.08. The van der Waals surface area contributed by atoms with E-state index in [0.717, 1.165) is 16.7 Å². The lowest BCUT2D eigenvalue weighted by molar-refractivity contribution is -0.148. The number of hydrogen-bond acceptors (Lipinski definition) is 3. The smallest absolute Gasteiger partial charge is 0.256 e. The van der Waals surface area contributed by atoms with E-state index >= 15 is 0 Å².